The number of hydrogen-bond donors (Lipinski definition) is 2. The first-order valence-corrected chi connectivity index (χ1v) is 8.86. The number of carbonyl (C=O) groups excluding carboxylic acids is 4. The molecule has 0 saturated carbocycles. The first kappa shape index (κ1) is 21.0. The summed E-state index contributed by atoms with van der Waals surface area (Å²) in [5.41, 5.74) is 1.17. The van der Waals surface area contributed by atoms with Crippen molar-refractivity contribution in [3.63, 3.8) is 0 Å². The highest BCUT2D eigenvalue weighted by Crippen LogP contribution is 2.22. The molecule has 7 nitrogen and oxygen atoms in total. The van der Waals surface area contributed by atoms with Gasteiger partial charge in [-0.3, -0.25) is 24.1 Å². The van der Waals surface area contributed by atoms with Crippen LogP contribution in [0.5, 0.6) is 0 Å². The van der Waals surface area contributed by atoms with Crippen LogP contribution in [0.2, 0.25) is 0 Å². The lowest BCUT2D eigenvalue weighted by Gasteiger charge is -2.13. The number of amides is 4. The Morgan fingerprint density at radius 3 is 2.00 bits per heavy atom. The number of rotatable bonds is 6. The lowest BCUT2D eigenvalue weighted by Crippen LogP contribution is -2.34. The molecule has 30 heavy (non-hydrogen) atoms. The van der Waals surface area contributed by atoms with Gasteiger partial charge in [-0.2, -0.15) is 13.2 Å². The van der Waals surface area contributed by atoms with Crippen LogP contribution >= 0.6 is 0 Å². The standard InChI is InChI=1S/C20H16F3N3O4/c21-20(22,23)19(30)25-13-7-5-12(6-8-13)11-24-16(27)9-10-26-17(28)14-3-1-2-4-15(14)18(26)29/h1-8H,9-11H2,(H,24,27)(H,25,30). The van der Waals surface area contributed by atoms with Gasteiger partial charge in [0.05, 0.1) is 11.1 Å². The van der Waals surface area contributed by atoms with Gasteiger partial charge >= 0.3 is 12.1 Å². The second kappa shape index (κ2) is 8.36. The molecule has 1 aliphatic heterocycles. The molecule has 0 atom stereocenters. The maximum Gasteiger partial charge on any atom is 0.471 e. The average molecular weight is 419 g/mol. The fourth-order valence-corrected chi connectivity index (χ4v) is 2.85. The maximum absolute atomic E-state index is 12.2. The smallest absolute Gasteiger partial charge is 0.352 e. The SMILES string of the molecule is O=C(CCN1C(=O)c2ccccc2C1=O)NCc1ccc(NC(=O)C(F)(F)F)cc1. The highest BCUT2D eigenvalue weighted by Gasteiger charge is 2.38. The van der Waals surface area contributed by atoms with Crippen molar-refractivity contribution in [1.82, 2.24) is 10.2 Å². The van der Waals surface area contributed by atoms with Crippen LogP contribution in [0.15, 0.2) is 48.5 Å². The summed E-state index contributed by atoms with van der Waals surface area (Å²) in [6.45, 7) is 0.0229. The Balaban J connectivity index is 1.47. The Morgan fingerprint density at radius 1 is 0.900 bits per heavy atom. The lowest BCUT2D eigenvalue weighted by molar-refractivity contribution is -0.167. The predicted octanol–water partition coefficient (Wildman–Crippen LogP) is 2.49. The van der Waals surface area contributed by atoms with Crippen LogP contribution in [0.1, 0.15) is 32.7 Å². The van der Waals surface area contributed by atoms with Gasteiger partial charge in [-0.15, -0.1) is 0 Å². The number of anilines is 1. The Hall–Kier alpha value is -3.69. The number of carbonyl (C=O) groups is 4. The minimum Gasteiger partial charge on any atom is -0.352 e. The summed E-state index contributed by atoms with van der Waals surface area (Å²) >= 11 is 0. The van der Waals surface area contributed by atoms with Crippen LogP contribution in [-0.4, -0.2) is 41.2 Å². The molecule has 156 valence electrons. The largest absolute Gasteiger partial charge is 0.471 e. The number of halogens is 3. The van der Waals surface area contributed by atoms with Crippen LogP contribution in [0.3, 0.4) is 0 Å². The van der Waals surface area contributed by atoms with Crippen LogP contribution < -0.4 is 10.6 Å². The number of benzene rings is 2. The summed E-state index contributed by atoms with van der Waals surface area (Å²) in [6.07, 6.45) is -5.07. The van der Waals surface area contributed by atoms with E-state index in [1.807, 2.05) is 0 Å². The zero-order valence-corrected chi connectivity index (χ0v) is 15.5. The molecule has 2 N–H and O–H groups in total. The van der Waals surface area contributed by atoms with Crippen LogP contribution in [-0.2, 0) is 16.1 Å². The van der Waals surface area contributed by atoms with E-state index in [4.69, 9.17) is 0 Å². The first-order valence-electron chi connectivity index (χ1n) is 8.86. The summed E-state index contributed by atoms with van der Waals surface area (Å²) < 4.78 is 36.7. The zero-order valence-electron chi connectivity index (χ0n) is 15.5. The predicted molar refractivity (Wildman–Crippen MR) is 99.4 cm³/mol. The van der Waals surface area contributed by atoms with Crippen molar-refractivity contribution in [3.05, 3.63) is 65.2 Å². The quantitative estimate of drug-likeness (QED) is 0.704. The number of imide groups is 1. The molecule has 0 aliphatic carbocycles. The van der Waals surface area contributed by atoms with Crippen LogP contribution in [0, 0.1) is 0 Å². The van der Waals surface area contributed by atoms with Gasteiger partial charge in [0.25, 0.3) is 11.8 Å². The Labute approximate surface area is 168 Å². The van der Waals surface area contributed by atoms with Gasteiger partial charge in [0.15, 0.2) is 0 Å². The molecule has 0 saturated heterocycles. The molecule has 0 unspecified atom stereocenters. The third-order valence-electron chi connectivity index (χ3n) is 4.40. The number of nitrogens with zero attached hydrogens (tertiary/aromatic N) is 1. The highest BCUT2D eigenvalue weighted by molar-refractivity contribution is 6.21. The Kier molecular flexibility index (Phi) is 5.86. The van der Waals surface area contributed by atoms with E-state index in [2.05, 4.69) is 5.32 Å². The van der Waals surface area contributed by atoms with Crippen molar-refractivity contribution in [2.75, 3.05) is 11.9 Å². The molecule has 3 rings (SSSR count). The minimum atomic E-state index is -4.98. The van der Waals surface area contributed by atoms with E-state index in [0.29, 0.717) is 16.7 Å². The van der Waals surface area contributed by atoms with Crippen molar-refractivity contribution < 1.29 is 32.3 Å². The van der Waals surface area contributed by atoms with Gasteiger partial charge in [-0.05, 0) is 29.8 Å². The molecular weight excluding hydrogens is 403 g/mol. The fraction of sp³-hybridized carbons (Fsp3) is 0.200. The molecule has 2 aromatic carbocycles. The summed E-state index contributed by atoms with van der Waals surface area (Å²) in [4.78, 5) is 48.4. The average Bonchev–Trinajstić information content (AvgIpc) is 2.95. The second-order valence-electron chi connectivity index (χ2n) is 6.48. The molecule has 2 aromatic rings. The molecular formula is C20H16F3N3O4. The third kappa shape index (κ3) is 4.65. The van der Waals surface area contributed by atoms with E-state index in [-0.39, 0.29) is 25.2 Å². The van der Waals surface area contributed by atoms with Gasteiger partial charge < -0.3 is 10.6 Å². The fourth-order valence-electron chi connectivity index (χ4n) is 2.85. The van der Waals surface area contributed by atoms with E-state index in [9.17, 15) is 32.3 Å². The second-order valence-corrected chi connectivity index (χ2v) is 6.48. The first-order chi connectivity index (χ1) is 14.2. The van der Waals surface area contributed by atoms with Crippen molar-refractivity contribution >= 4 is 29.3 Å². The van der Waals surface area contributed by atoms with Crippen molar-refractivity contribution in [1.29, 1.82) is 0 Å². The van der Waals surface area contributed by atoms with Gasteiger partial charge in [0.1, 0.15) is 0 Å². The van der Waals surface area contributed by atoms with Gasteiger partial charge in [0, 0.05) is 25.2 Å². The van der Waals surface area contributed by atoms with Crippen LogP contribution in [0.25, 0.3) is 0 Å². The number of alkyl halides is 3. The van der Waals surface area contributed by atoms with Gasteiger partial charge in [-0.1, -0.05) is 24.3 Å². The van der Waals surface area contributed by atoms with Crippen LogP contribution in [0.4, 0.5) is 18.9 Å². The van der Waals surface area contributed by atoms with Gasteiger partial charge in [0.2, 0.25) is 5.91 Å². The molecule has 4 amide bonds. The monoisotopic (exact) mass is 419 g/mol. The normalized spacial score (nSPS) is 13.2. The molecule has 0 bridgehead atoms. The molecule has 0 spiro atoms. The number of fused-ring (bicyclic) bond motifs is 1. The van der Waals surface area contributed by atoms with Crippen molar-refractivity contribution in [2.24, 2.45) is 0 Å². The lowest BCUT2D eigenvalue weighted by atomic mass is 10.1. The Bertz CT molecular complexity index is 968. The summed E-state index contributed by atoms with van der Waals surface area (Å²) in [7, 11) is 0. The minimum absolute atomic E-state index is 0.0296. The van der Waals surface area contributed by atoms with E-state index in [1.54, 1.807) is 29.6 Å². The molecule has 10 heteroatoms. The maximum atomic E-state index is 12.2. The molecule has 0 aromatic heterocycles. The molecule has 0 fully saturated rings. The van der Waals surface area contributed by atoms with Crippen molar-refractivity contribution in [2.45, 2.75) is 19.1 Å². The summed E-state index contributed by atoms with van der Waals surface area (Å²) in [6, 6.07) is 11.9. The third-order valence-corrected chi connectivity index (χ3v) is 4.40. The summed E-state index contributed by atoms with van der Waals surface area (Å²) in [5, 5.41) is 4.32. The number of hydrogen-bond acceptors (Lipinski definition) is 4. The summed E-state index contributed by atoms with van der Waals surface area (Å²) in [5.74, 6) is -3.36. The van der Waals surface area contributed by atoms with E-state index < -0.39 is 29.8 Å². The highest BCUT2D eigenvalue weighted by atomic mass is 19.4. The molecule has 0 radical (unpaired) electrons. The van der Waals surface area contributed by atoms with Crippen molar-refractivity contribution in [3.8, 4) is 0 Å². The molecule has 1 heterocycles. The Morgan fingerprint density at radius 2 is 1.47 bits per heavy atom. The van der Waals surface area contributed by atoms with E-state index in [1.165, 1.54) is 24.3 Å². The van der Waals surface area contributed by atoms with E-state index in [0.717, 1.165) is 4.90 Å². The zero-order chi connectivity index (χ0) is 21.9. The van der Waals surface area contributed by atoms with E-state index >= 15 is 0 Å². The molecule has 1 aliphatic rings. The number of nitrogens with one attached hydrogen (secondary N) is 2. The topological polar surface area (TPSA) is 95.6 Å². The van der Waals surface area contributed by atoms with Gasteiger partial charge in [-0.25, -0.2) is 0 Å².